The van der Waals surface area contributed by atoms with Crippen LogP contribution >= 0.6 is 0 Å². The van der Waals surface area contributed by atoms with Gasteiger partial charge in [0.2, 0.25) is 5.91 Å². The Labute approximate surface area is 153 Å². The molecule has 2 aliphatic rings. The van der Waals surface area contributed by atoms with Gasteiger partial charge in [0.25, 0.3) is 0 Å². The zero-order valence-corrected chi connectivity index (χ0v) is 14.9. The first-order chi connectivity index (χ1) is 12.8. The van der Waals surface area contributed by atoms with E-state index in [0.29, 0.717) is 12.8 Å². The van der Waals surface area contributed by atoms with Crippen LogP contribution in [0.15, 0.2) is 24.7 Å². The fourth-order valence-corrected chi connectivity index (χ4v) is 3.62. The number of carbonyl (C=O) groups is 1. The summed E-state index contributed by atoms with van der Waals surface area (Å²) >= 11 is 0. The number of piperidine rings is 1. The number of hydrogen-bond donors (Lipinski definition) is 2. The largest absolute Gasteiger partial charge is 0.355 e. The van der Waals surface area contributed by atoms with Gasteiger partial charge in [0.15, 0.2) is 0 Å². The third-order valence-electron chi connectivity index (χ3n) is 5.06. The summed E-state index contributed by atoms with van der Waals surface area (Å²) in [7, 11) is 0. The number of nitrogens with zero attached hydrogens (tertiary/aromatic N) is 5. The van der Waals surface area contributed by atoms with Crippen molar-refractivity contribution in [2.45, 2.75) is 44.8 Å². The number of nitrogens with one attached hydrogen (secondary N) is 2. The molecule has 0 bridgehead atoms. The van der Waals surface area contributed by atoms with Gasteiger partial charge in [-0.15, -0.1) is 0 Å². The first kappa shape index (κ1) is 17.0. The third kappa shape index (κ3) is 4.01. The second kappa shape index (κ2) is 7.82. The van der Waals surface area contributed by atoms with Crippen LogP contribution in [-0.4, -0.2) is 51.3 Å². The predicted octanol–water partition coefficient (Wildman–Crippen LogP) is 0.494. The van der Waals surface area contributed by atoms with E-state index in [0.717, 1.165) is 57.1 Å². The van der Waals surface area contributed by atoms with Gasteiger partial charge in [0.1, 0.15) is 5.82 Å². The maximum atomic E-state index is 12.3. The van der Waals surface area contributed by atoms with Crippen molar-refractivity contribution in [2.24, 2.45) is 0 Å². The lowest BCUT2D eigenvalue weighted by Gasteiger charge is -2.32. The Morgan fingerprint density at radius 1 is 1.27 bits per heavy atom. The van der Waals surface area contributed by atoms with Crippen LogP contribution in [0, 0.1) is 0 Å². The van der Waals surface area contributed by atoms with E-state index in [-0.39, 0.29) is 11.9 Å². The van der Waals surface area contributed by atoms with Crippen molar-refractivity contribution in [1.82, 2.24) is 30.4 Å². The van der Waals surface area contributed by atoms with Gasteiger partial charge >= 0.3 is 0 Å². The Morgan fingerprint density at radius 2 is 2.15 bits per heavy atom. The van der Waals surface area contributed by atoms with Gasteiger partial charge in [-0.1, -0.05) is 0 Å². The minimum absolute atomic E-state index is 0.118. The van der Waals surface area contributed by atoms with E-state index >= 15 is 0 Å². The smallest absolute Gasteiger partial charge is 0.220 e. The van der Waals surface area contributed by atoms with Crippen LogP contribution in [0.2, 0.25) is 0 Å². The van der Waals surface area contributed by atoms with Gasteiger partial charge < -0.3 is 15.5 Å². The molecule has 2 aromatic heterocycles. The summed E-state index contributed by atoms with van der Waals surface area (Å²) in [5.41, 5.74) is 2.22. The molecule has 26 heavy (non-hydrogen) atoms. The molecule has 0 spiro atoms. The Balaban J connectivity index is 1.21. The second-order valence-electron chi connectivity index (χ2n) is 6.92. The molecule has 0 radical (unpaired) electrons. The SMILES string of the molecule is O=C(CCc1cc2n(n1)CCNC2)NC1CCN(c2cnccn2)CC1. The summed E-state index contributed by atoms with van der Waals surface area (Å²) in [4.78, 5) is 23.0. The Hall–Kier alpha value is -2.48. The van der Waals surface area contributed by atoms with Crippen LogP contribution in [-0.2, 0) is 24.3 Å². The van der Waals surface area contributed by atoms with E-state index in [2.05, 4.69) is 36.7 Å². The minimum atomic E-state index is 0.118. The molecule has 1 saturated heterocycles. The Morgan fingerprint density at radius 3 is 2.92 bits per heavy atom. The van der Waals surface area contributed by atoms with E-state index in [9.17, 15) is 4.79 Å². The van der Waals surface area contributed by atoms with Crippen molar-refractivity contribution >= 4 is 11.7 Å². The minimum Gasteiger partial charge on any atom is -0.355 e. The maximum Gasteiger partial charge on any atom is 0.220 e. The van der Waals surface area contributed by atoms with Gasteiger partial charge in [-0.3, -0.25) is 14.5 Å². The van der Waals surface area contributed by atoms with Crippen LogP contribution < -0.4 is 15.5 Å². The van der Waals surface area contributed by atoms with Gasteiger partial charge in [0, 0.05) is 57.5 Å². The summed E-state index contributed by atoms with van der Waals surface area (Å²) in [6.07, 6.45) is 8.26. The molecular formula is C18H25N7O. The number of carbonyl (C=O) groups excluding carboxylic acids is 1. The molecule has 8 heteroatoms. The topological polar surface area (TPSA) is 88.0 Å². The highest BCUT2D eigenvalue weighted by atomic mass is 16.1. The molecule has 4 heterocycles. The highest BCUT2D eigenvalue weighted by Gasteiger charge is 2.21. The molecule has 8 nitrogen and oxygen atoms in total. The zero-order chi connectivity index (χ0) is 17.8. The average molecular weight is 355 g/mol. The molecule has 2 N–H and O–H groups in total. The normalized spacial score (nSPS) is 17.8. The van der Waals surface area contributed by atoms with Crippen molar-refractivity contribution in [3.8, 4) is 0 Å². The summed E-state index contributed by atoms with van der Waals surface area (Å²) in [5, 5.41) is 11.1. The number of hydrogen-bond acceptors (Lipinski definition) is 6. The highest BCUT2D eigenvalue weighted by molar-refractivity contribution is 5.76. The van der Waals surface area contributed by atoms with E-state index in [4.69, 9.17) is 0 Å². The van der Waals surface area contributed by atoms with Gasteiger partial charge in [-0.2, -0.15) is 5.10 Å². The van der Waals surface area contributed by atoms with E-state index < -0.39 is 0 Å². The molecule has 0 atom stereocenters. The lowest BCUT2D eigenvalue weighted by atomic mass is 10.0. The highest BCUT2D eigenvalue weighted by Crippen LogP contribution is 2.17. The summed E-state index contributed by atoms with van der Waals surface area (Å²) in [6.45, 7) is 4.52. The van der Waals surface area contributed by atoms with Crippen LogP contribution in [0.3, 0.4) is 0 Å². The van der Waals surface area contributed by atoms with Gasteiger partial charge in [0.05, 0.1) is 24.1 Å². The fourth-order valence-electron chi connectivity index (χ4n) is 3.62. The number of amides is 1. The number of anilines is 1. The molecule has 0 aliphatic carbocycles. The van der Waals surface area contributed by atoms with E-state index in [1.807, 2.05) is 4.68 Å². The third-order valence-corrected chi connectivity index (χ3v) is 5.06. The van der Waals surface area contributed by atoms with Crippen molar-refractivity contribution in [3.63, 3.8) is 0 Å². The molecule has 138 valence electrons. The number of rotatable bonds is 5. The quantitative estimate of drug-likeness (QED) is 0.812. The first-order valence-corrected chi connectivity index (χ1v) is 9.34. The number of fused-ring (bicyclic) bond motifs is 1. The summed E-state index contributed by atoms with van der Waals surface area (Å²) in [6, 6.07) is 2.36. The summed E-state index contributed by atoms with van der Waals surface area (Å²) in [5.74, 6) is 1.03. The van der Waals surface area contributed by atoms with Crippen LogP contribution in [0.25, 0.3) is 0 Å². The average Bonchev–Trinajstić information content (AvgIpc) is 3.11. The zero-order valence-electron chi connectivity index (χ0n) is 14.9. The lowest BCUT2D eigenvalue weighted by molar-refractivity contribution is -0.121. The molecule has 2 aromatic rings. The molecule has 4 rings (SSSR count). The van der Waals surface area contributed by atoms with Gasteiger partial charge in [-0.05, 0) is 18.9 Å². The fraction of sp³-hybridized carbons (Fsp3) is 0.556. The van der Waals surface area contributed by atoms with Crippen molar-refractivity contribution < 1.29 is 4.79 Å². The lowest BCUT2D eigenvalue weighted by Crippen LogP contribution is -2.45. The Bertz CT molecular complexity index is 714. The summed E-state index contributed by atoms with van der Waals surface area (Å²) < 4.78 is 2.05. The standard InChI is InChI=1S/C18H25N7O/c26-18(2-1-15-11-16-12-20-7-10-25(16)23-15)22-14-3-8-24(9-4-14)17-13-19-5-6-21-17/h5-6,11,13-14,20H,1-4,7-10,12H2,(H,22,26). The second-order valence-corrected chi connectivity index (χ2v) is 6.92. The monoisotopic (exact) mass is 355 g/mol. The van der Waals surface area contributed by atoms with Crippen molar-refractivity contribution in [1.29, 1.82) is 0 Å². The van der Waals surface area contributed by atoms with Crippen molar-refractivity contribution in [2.75, 3.05) is 24.5 Å². The van der Waals surface area contributed by atoms with E-state index in [1.54, 1.807) is 18.6 Å². The molecule has 0 aromatic carbocycles. The van der Waals surface area contributed by atoms with Crippen LogP contribution in [0.1, 0.15) is 30.7 Å². The Kier molecular flexibility index (Phi) is 5.10. The maximum absolute atomic E-state index is 12.3. The molecular weight excluding hydrogens is 330 g/mol. The van der Waals surface area contributed by atoms with Crippen molar-refractivity contribution in [3.05, 3.63) is 36.0 Å². The molecule has 2 aliphatic heterocycles. The number of aromatic nitrogens is 4. The van der Waals surface area contributed by atoms with E-state index in [1.165, 1.54) is 5.69 Å². The van der Waals surface area contributed by atoms with Crippen LogP contribution in [0.5, 0.6) is 0 Å². The predicted molar refractivity (Wildman–Crippen MR) is 97.7 cm³/mol. The molecule has 0 saturated carbocycles. The number of aryl methyl sites for hydroxylation is 1. The molecule has 0 unspecified atom stereocenters. The van der Waals surface area contributed by atoms with Gasteiger partial charge in [-0.25, -0.2) is 4.98 Å². The first-order valence-electron chi connectivity index (χ1n) is 9.34. The molecule has 1 fully saturated rings. The van der Waals surface area contributed by atoms with Crippen LogP contribution in [0.4, 0.5) is 5.82 Å². The molecule has 1 amide bonds.